The van der Waals surface area contributed by atoms with E-state index in [2.05, 4.69) is 0 Å². The Kier molecular flexibility index (Phi) is 25.3. The van der Waals surface area contributed by atoms with Gasteiger partial charge in [-0.3, -0.25) is 0 Å². The third kappa shape index (κ3) is 31.8. The fourth-order valence-electron chi connectivity index (χ4n) is 1.20. The van der Waals surface area contributed by atoms with Gasteiger partial charge in [0, 0.05) is 18.6 Å². The van der Waals surface area contributed by atoms with E-state index in [0.29, 0.717) is 52.8 Å². The van der Waals surface area contributed by atoms with Crippen LogP contribution in [0.25, 0.3) is 0 Å². The molecule has 8 N–H and O–H groups in total. The monoisotopic (exact) mass is 370 g/mol. The first-order valence-corrected chi connectivity index (χ1v) is 8.42. The molecule has 2 unspecified atom stereocenters. The van der Waals surface area contributed by atoms with Crippen LogP contribution < -0.4 is 22.9 Å². The number of rotatable bonds is 17. The van der Waals surface area contributed by atoms with Crippen LogP contribution in [0.5, 0.6) is 0 Å². The zero-order chi connectivity index (χ0) is 19.2. The highest BCUT2D eigenvalue weighted by molar-refractivity contribution is 4.48. The topological polar surface area (TPSA) is 159 Å². The Hall–Kier alpha value is -0.400. The van der Waals surface area contributed by atoms with E-state index in [-0.39, 0.29) is 32.4 Å². The lowest BCUT2D eigenvalue weighted by Gasteiger charge is -2.07. The first-order chi connectivity index (χ1) is 12.0. The minimum absolute atomic E-state index is 0.0499. The van der Waals surface area contributed by atoms with Gasteiger partial charge in [-0.2, -0.15) is 0 Å². The van der Waals surface area contributed by atoms with E-state index in [1.54, 1.807) is 0 Å². The summed E-state index contributed by atoms with van der Waals surface area (Å²) in [6.07, 6.45) is 0. The average Bonchev–Trinajstić information content (AvgIpc) is 2.56. The van der Waals surface area contributed by atoms with Gasteiger partial charge in [-0.15, -0.1) is 0 Å². The van der Waals surface area contributed by atoms with Crippen molar-refractivity contribution >= 4 is 0 Å². The molecular weight excluding hydrogens is 332 g/mol. The molecule has 0 spiro atoms. The van der Waals surface area contributed by atoms with Crippen molar-refractivity contribution in [1.29, 1.82) is 0 Å². The summed E-state index contributed by atoms with van der Waals surface area (Å²) in [6, 6.07) is 0.127. The van der Waals surface area contributed by atoms with Gasteiger partial charge in [-0.05, 0) is 13.8 Å². The zero-order valence-corrected chi connectivity index (χ0v) is 15.7. The molecule has 0 aromatic heterocycles. The predicted octanol–water partition coefficient (Wildman–Crippen LogP) is -1.44. The highest BCUT2D eigenvalue weighted by atomic mass is 16.7. The lowest BCUT2D eigenvalue weighted by atomic mass is 10.4. The summed E-state index contributed by atoms with van der Waals surface area (Å²) in [5, 5.41) is 0. The fraction of sp³-hybridized carbons (Fsp3) is 1.00. The minimum Gasteiger partial charge on any atom is -0.377 e. The maximum absolute atomic E-state index is 5.47. The molecule has 154 valence electrons. The first kappa shape index (κ1) is 26.8. The summed E-state index contributed by atoms with van der Waals surface area (Å²) in [5.41, 5.74) is 21.2. The Morgan fingerprint density at radius 3 is 1.56 bits per heavy atom. The van der Waals surface area contributed by atoms with E-state index in [1.165, 1.54) is 0 Å². The summed E-state index contributed by atoms with van der Waals surface area (Å²) in [7, 11) is 0. The van der Waals surface area contributed by atoms with Crippen molar-refractivity contribution in [3.63, 3.8) is 0 Å². The second-order valence-corrected chi connectivity index (χ2v) is 5.22. The third-order valence-electron chi connectivity index (χ3n) is 2.22. The minimum atomic E-state index is 0.0499. The van der Waals surface area contributed by atoms with E-state index in [4.69, 9.17) is 51.4 Å². The van der Waals surface area contributed by atoms with E-state index in [0.717, 1.165) is 0 Å². The fourth-order valence-corrected chi connectivity index (χ4v) is 1.20. The van der Waals surface area contributed by atoms with Gasteiger partial charge in [0.15, 0.2) is 0 Å². The van der Waals surface area contributed by atoms with Crippen molar-refractivity contribution in [2.75, 3.05) is 73.1 Å². The average molecular weight is 370 g/mol. The molecule has 10 nitrogen and oxygen atoms in total. The van der Waals surface area contributed by atoms with Crippen molar-refractivity contribution < 1.29 is 28.4 Å². The maximum atomic E-state index is 5.47. The molecule has 0 saturated heterocycles. The molecule has 2 atom stereocenters. The largest absolute Gasteiger partial charge is 0.377 e. The van der Waals surface area contributed by atoms with E-state index < -0.39 is 0 Å². The van der Waals surface area contributed by atoms with Crippen LogP contribution in [-0.2, 0) is 28.4 Å². The normalized spacial score (nSPS) is 13.2. The molecule has 0 aliphatic rings. The van der Waals surface area contributed by atoms with Gasteiger partial charge in [-0.1, -0.05) is 0 Å². The van der Waals surface area contributed by atoms with Crippen molar-refractivity contribution in [3.8, 4) is 0 Å². The van der Waals surface area contributed by atoms with Crippen molar-refractivity contribution in [2.45, 2.75) is 25.9 Å². The van der Waals surface area contributed by atoms with Gasteiger partial charge in [0.25, 0.3) is 0 Å². The Balaban J connectivity index is 0. The van der Waals surface area contributed by atoms with Crippen LogP contribution in [0.4, 0.5) is 0 Å². The molecule has 0 rings (SSSR count). The first-order valence-electron chi connectivity index (χ1n) is 8.42. The van der Waals surface area contributed by atoms with Crippen LogP contribution in [0.2, 0.25) is 0 Å². The summed E-state index contributed by atoms with van der Waals surface area (Å²) in [4.78, 5) is 0. The van der Waals surface area contributed by atoms with Crippen molar-refractivity contribution in [2.24, 2.45) is 22.9 Å². The molecule has 0 heterocycles. The second kappa shape index (κ2) is 23.6. The molecule has 25 heavy (non-hydrogen) atoms. The second-order valence-electron chi connectivity index (χ2n) is 5.22. The smallest absolute Gasteiger partial charge is 0.146 e. The zero-order valence-electron chi connectivity index (χ0n) is 15.7. The summed E-state index contributed by atoms with van der Waals surface area (Å²) in [6.45, 7) is 8.72. The standard InChI is InChI=1S/C8H20N2O3.C7H18N2O3/c1-8(10)6-11-4-5-13-7-12-3-2-9;1-7(9)4-12-6-11-3-2-10-5-8/h8H,2-7,9-10H2,1H3;7H,2-6,8-9H2,1H3. The molecule has 0 aliphatic carbocycles. The molecule has 0 radical (unpaired) electrons. The molecular formula is C15H38N4O6. The Labute approximate surface area is 151 Å². The van der Waals surface area contributed by atoms with Crippen LogP contribution in [0.1, 0.15) is 13.8 Å². The van der Waals surface area contributed by atoms with E-state index in [9.17, 15) is 0 Å². The summed E-state index contributed by atoms with van der Waals surface area (Å²) in [5.74, 6) is 0. The highest BCUT2D eigenvalue weighted by Crippen LogP contribution is 1.83. The van der Waals surface area contributed by atoms with Crippen molar-refractivity contribution in [1.82, 2.24) is 0 Å². The van der Waals surface area contributed by atoms with Crippen molar-refractivity contribution in [3.05, 3.63) is 0 Å². The lowest BCUT2D eigenvalue weighted by Crippen LogP contribution is -2.23. The van der Waals surface area contributed by atoms with E-state index >= 15 is 0 Å². The van der Waals surface area contributed by atoms with Gasteiger partial charge in [0.2, 0.25) is 0 Å². The number of nitrogens with two attached hydrogens (primary N) is 4. The molecule has 0 fully saturated rings. The summed E-state index contributed by atoms with van der Waals surface area (Å²) < 4.78 is 30.1. The molecule has 0 aromatic carbocycles. The summed E-state index contributed by atoms with van der Waals surface area (Å²) >= 11 is 0. The molecule has 0 aliphatic heterocycles. The van der Waals surface area contributed by atoms with Crippen LogP contribution >= 0.6 is 0 Å². The molecule has 0 saturated carbocycles. The predicted molar refractivity (Wildman–Crippen MR) is 95.7 cm³/mol. The lowest BCUT2D eigenvalue weighted by molar-refractivity contribution is -0.0711. The third-order valence-corrected chi connectivity index (χ3v) is 2.22. The Bertz CT molecular complexity index is 238. The number of hydrogen-bond acceptors (Lipinski definition) is 10. The van der Waals surface area contributed by atoms with Gasteiger partial charge in [0.05, 0.1) is 53.0 Å². The van der Waals surface area contributed by atoms with Crippen LogP contribution in [0.3, 0.4) is 0 Å². The number of ether oxygens (including phenoxy) is 6. The Morgan fingerprint density at radius 2 is 1.04 bits per heavy atom. The highest BCUT2D eigenvalue weighted by Gasteiger charge is 1.94. The maximum Gasteiger partial charge on any atom is 0.146 e. The molecule has 0 bridgehead atoms. The Morgan fingerprint density at radius 1 is 0.600 bits per heavy atom. The molecule has 0 aromatic rings. The van der Waals surface area contributed by atoms with Gasteiger partial charge >= 0.3 is 0 Å². The van der Waals surface area contributed by atoms with Gasteiger partial charge in [-0.25, -0.2) is 0 Å². The SMILES string of the molecule is CC(N)COCCOCOCCN.CC(N)COCOCCOCN. The molecule has 10 heteroatoms. The van der Waals surface area contributed by atoms with E-state index in [1.807, 2.05) is 13.8 Å². The van der Waals surface area contributed by atoms with Gasteiger partial charge in [0.1, 0.15) is 13.6 Å². The quantitative estimate of drug-likeness (QED) is 0.176. The van der Waals surface area contributed by atoms with Crippen LogP contribution in [-0.4, -0.2) is 85.2 Å². The van der Waals surface area contributed by atoms with Gasteiger partial charge < -0.3 is 51.4 Å². The van der Waals surface area contributed by atoms with Crippen LogP contribution in [0.15, 0.2) is 0 Å². The number of hydrogen-bond donors (Lipinski definition) is 4. The molecule has 0 amide bonds. The van der Waals surface area contributed by atoms with Crippen LogP contribution in [0, 0.1) is 0 Å².